The summed E-state index contributed by atoms with van der Waals surface area (Å²) in [6, 6.07) is 3.35. The van der Waals surface area contributed by atoms with Crippen molar-refractivity contribution in [1.82, 2.24) is 4.90 Å². The second-order valence-corrected chi connectivity index (χ2v) is 4.24. The second kappa shape index (κ2) is 6.78. The van der Waals surface area contributed by atoms with Crippen LogP contribution in [0.25, 0.3) is 5.70 Å². The minimum atomic E-state index is -0.624. The number of hydrogen-bond donors (Lipinski definition) is 0. The number of allylic oxidation sites excluding steroid dienone is 3. The molecule has 5 heteroatoms. The predicted molar refractivity (Wildman–Crippen MR) is 68.5 cm³/mol. The molecule has 1 radical (unpaired) electrons. The average Bonchev–Trinajstić information content (AvgIpc) is 2.31. The first-order valence-corrected chi connectivity index (χ1v) is 5.83. The Labute approximate surface area is 141 Å². The van der Waals surface area contributed by atoms with Crippen LogP contribution in [0.1, 0.15) is 12.5 Å². The molecule has 0 bridgehead atoms. The van der Waals surface area contributed by atoms with Gasteiger partial charge in [0.15, 0.2) is 0 Å². The molecule has 97 valence electrons. The molecule has 0 saturated carbocycles. The van der Waals surface area contributed by atoms with Gasteiger partial charge in [0.25, 0.3) is 0 Å². The van der Waals surface area contributed by atoms with Gasteiger partial charge in [-0.2, -0.15) is 23.8 Å². The van der Waals surface area contributed by atoms with Gasteiger partial charge >= 0.3 is 0 Å². The van der Waals surface area contributed by atoms with Crippen molar-refractivity contribution in [2.75, 3.05) is 6.54 Å². The van der Waals surface area contributed by atoms with Crippen LogP contribution in [0.4, 0.5) is 8.78 Å². The van der Waals surface area contributed by atoms with Crippen molar-refractivity contribution < 1.29 is 41.5 Å². The molecule has 0 saturated heterocycles. The number of benzene rings is 1. The summed E-state index contributed by atoms with van der Waals surface area (Å²) in [5.74, 6) is -1.25. The molecule has 19 heavy (non-hydrogen) atoms. The predicted octanol–water partition coefficient (Wildman–Crippen LogP) is 4.08. The molecule has 0 N–H and O–H groups in total. The van der Waals surface area contributed by atoms with Gasteiger partial charge in [-0.15, -0.1) is 0 Å². The quantitative estimate of drug-likeness (QED) is 0.723. The van der Waals surface area contributed by atoms with E-state index in [0.29, 0.717) is 28.5 Å². The van der Waals surface area contributed by atoms with Crippen LogP contribution in [-0.4, -0.2) is 11.4 Å². The van der Waals surface area contributed by atoms with Crippen molar-refractivity contribution >= 4 is 17.3 Å². The fourth-order valence-electron chi connectivity index (χ4n) is 1.84. The van der Waals surface area contributed by atoms with Gasteiger partial charge in [-0.05, 0) is 17.7 Å². The third kappa shape index (κ3) is 3.53. The summed E-state index contributed by atoms with van der Waals surface area (Å²) in [7, 11) is 0. The Balaban J connectivity index is 0.00000180. The van der Waals surface area contributed by atoms with Gasteiger partial charge in [0.2, 0.25) is 0 Å². The molecule has 1 aromatic carbocycles. The van der Waals surface area contributed by atoms with Gasteiger partial charge in [0.1, 0.15) is 11.6 Å². The summed E-state index contributed by atoms with van der Waals surface area (Å²) in [5, 5.41) is 0.470. The smallest absolute Gasteiger partial charge is 0.114 e. The second-order valence-electron chi connectivity index (χ2n) is 3.83. The third-order valence-corrected chi connectivity index (χ3v) is 2.99. The van der Waals surface area contributed by atoms with Crippen LogP contribution >= 0.6 is 11.6 Å². The van der Waals surface area contributed by atoms with E-state index in [-0.39, 0.29) is 32.7 Å². The van der Waals surface area contributed by atoms with E-state index in [0.717, 1.165) is 6.07 Å². The SMILES string of the molecule is C=C1C(Cl)=C[C-]=C(c2cc(F)cc(F)c2)N1CC.[Y]. The Bertz CT molecular complexity index is 546. The van der Waals surface area contributed by atoms with Crippen molar-refractivity contribution in [2.45, 2.75) is 6.92 Å². The number of likely N-dealkylation sites (N-methyl/N-ethyl adjacent to an activating group) is 1. The van der Waals surface area contributed by atoms with Crippen LogP contribution < -0.4 is 0 Å². The summed E-state index contributed by atoms with van der Waals surface area (Å²) >= 11 is 5.95. The van der Waals surface area contributed by atoms with Crippen LogP contribution in [0.15, 0.2) is 41.6 Å². The Morgan fingerprint density at radius 1 is 1.26 bits per heavy atom. The minimum absolute atomic E-state index is 0. The van der Waals surface area contributed by atoms with Gasteiger partial charge in [0, 0.05) is 45.3 Å². The minimum Gasteiger partial charge on any atom is -0.374 e. The normalized spacial score (nSPS) is 14.7. The van der Waals surface area contributed by atoms with Gasteiger partial charge in [-0.3, -0.25) is 0 Å². The first-order valence-electron chi connectivity index (χ1n) is 5.45. The van der Waals surface area contributed by atoms with Crippen LogP contribution in [0, 0.1) is 17.7 Å². The summed E-state index contributed by atoms with van der Waals surface area (Å²) in [6.45, 7) is 6.33. The summed E-state index contributed by atoms with van der Waals surface area (Å²) < 4.78 is 26.4. The zero-order valence-corrected chi connectivity index (χ0v) is 14.0. The summed E-state index contributed by atoms with van der Waals surface area (Å²) in [6.07, 6.45) is 4.48. The average molecular weight is 356 g/mol. The van der Waals surface area contributed by atoms with E-state index in [1.54, 1.807) is 11.0 Å². The summed E-state index contributed by atoms with van der Waals surface area (Å²) in [5.41, 5.74) is 1.57. The molecule has 0 aromatic heterocycles. The number of hydrogen-bond acceptors (Lipinski definition) is 1. The maximum atomic E-state index is 13.2. The third-order valence-electron chi connectivity index (χ3n) is 2.66. The van der Waals surface area contributed by atoms with Crippen molar-refractivity contribution in [1.29, 1.82) is 0 Å². The van der Waals surface area contributed by atoms with Crippen LogP contribution in [0.2, 0.25) is 0 Å². The molecular formula is C14H11ClF2NY-. The number of nitrogens with zero attached hydrogens (tertiary/aromatic N) is 1. The van der Waals surface area contributed by atoms with E-state index >= 15 is 0 Å². The fraction of sp³-hybridized carbons (Fsp3) is 0.143. The molecule has 1 aliphatic heterocycles. The largest absolute Gasteiger partial charge is 0.374 e. The number of rotatable bonds is 2. The number of halogens is 3. The first kappa shape index (κ1) is 16.5. The standard InChI is InChI=1S/C14H11ClF2N.Y/c1-3-18-9(2)13(15)4-5-14(18)10-6-11(16)8-12(17)7-10;/h4,6-8H,2-3H2,1H3;/q-1;. The Hall–Kier alpha value is -0.506. The Kier molecular flexibility index (Phi) is 5.91. The molecule has 1 nitrogen and oxygen atoms in total. The van der Waals surface area contributed by atoms with Gasteiger partial charge in [0.05, 0.1) is 0 Å². The van der Waals surface area contributed by atoms with E-state index in [1.807, 2.05) is 6.92 Å². The van der Waals surface area contributed by atoms with Crippen LogP contribution in [0.5, 0.6) is 0 Å². The molecule has 0 unspecified atom stereocenters. The molecule has 0 atom stereocenters. The van der Waals surface area contributed by atoms with E-state index in [2.05, 4.69) is 12.7 Å². The van der Waals surface area contributed by atoms with E-state index in [9.17, 15) is 8.78 Å². The summed E-state index contributed by atoms with van der Waals surface area (Å²) in [4.78, 5) is 1.76. The van der Waals surface area contributed by atoms with Gasteiger partial charge < -0.3 is 4.90 Å². The molecule has 0 fully saturated rings. The van der Waals surface area contributed by atoms with Crippen molar-refractivity contribution in [3.8, 4) is 0 Å². The molecule has 2 rings (SSSR count). The van der Waals surface area contributed by atoms with E-state index < -0.39 is 11.6 Å². The van der Waals surface area contributed by atoms with Gasteiger partial charge in [-0.25, -0.2) is 8.78 Å². The molecular weight excluding hydrogens is 345 g/mol. The van der Waals surface area contributed by atoms with Crippen LogP contribution in [0.3, 0.4) is 0 Å². The maximum Gasteiger partial charge on any atom is 0.114 e. The topological polar surface area (TPSA) is 3.24 Å². The Morgan fingerprint density at radius 3 is 2.37 bits per heavy atom. The monoisotopic (exact) mass is 355 g/mol. The maximum absolute atomic E-state index is 13.2. The molecule has 0 amide bonds. The molecule has 1 heterocycles. The molecule has 1 aromatic rings. The molecule has 1 aliphatic rings. The van der Waals surface area contributed by atoms with Crippen molar-refractivity contribution in [3.05, 3.63) is 64.9 Å². The zero-order valence-electron chi connectivity index (χ0n) is 10.4. The molecule has 0 aliphatic carbocycles. The van der Waals surface area contributed by atoms with Gasteiger partial charge in [-0.1, -0.05) is 30.0 Å². The van der Waals surface area contributed by atoms with E-state index in [4.69, 9.17) is 11.6 Å². The van der Waals surface area contributed by atoms with E-state index in [1.165, 1.54) is 12.1 Å². The first-order chi connectivity index (χ1) is 8.52. The van der Waals surface area contributed by atoms with Crippen LogP contribution in [-0.2, 0) is 32.7 Å². The molecule has 0 spiro atoms. The Morgan fingerprint density at radius 2 is 1.84 bits per heavy atom. The zero-order chi connectivity index (χ0) is 13.3. The fourth-order valence-corrected chi connectivity index (χ4v) is 1.99. The van der Waals surface area contributed by atoms with Crippen molar-refractivity contribution in [3.63, 3.8) is 0 Å². The van der Waals surface area contributed by atoms with Crippen molar-refractivity contribution in [2.24, 2.45) is 0 Å².